The number of rotatable bonds is 7. The Balaban J connectivity index is 1.27. The second-order valence-electron chi connectivity index (χ2n) is 8.94. The number of para-hydroxylation sites is 1. The molecule has 0 atom stereocenters. The average molecular weight is 508 g/mol. The van der Waals surface area contributed by atoms with Gasteiger partial charge in [-0.25, -0.2) is 0 Å². The summed E-state index contributed by atoms with van der Waals surface area (Å²) in [4.78, 5) is 31.4. The smallest absolute Gasteiger partial charge is 0.256 e. The number of carbonyl (C=O) groups is 2. The van der Waals surface area contributed by atoms with Gasteiger partial charge in [0.25, 0.3) is 5.91 Å². The first-order chi connectivity index (χ1) is 18.2. The van der Waals surface area contributed by atoms with E-state index in [1.807, 2.05) is 46.7 Å². The van der Waals surface area contributed by atoms with Crippen molar-refractivity contribution in [1.82, 2.24) is 9.80 Å². The first-order valence-electron chi connectivity index (χ1n) is 12.4. The van der Waals surface area contributed by atoms with Crippen molar-refractivity contribution < 1.29 is 9.59 Å². The maximum atomic E-state index is 13.5. The third kappa shape index (κ3) is 6.05. The van der Waals surface area contributed by atoms with Gasteiger partial charge in [0.15, 0.2) is 0 Å². The third-order valence-electron chi connectivity index (χ3n) is 6.55. The Morgan fingerprint density at radius 2 is 1.38 bits per heavy atom. The predicted octanol–water partition coefficient (Wildman–Crippen LogP) is 5.95. The van der Waals surface area contributed by atoms with Gasteiger partial charge in [-0.3, -0.25) is 14.5 Å². The van der Waals surface area contributed by atoms with Gasteiger partial charge >= 0.3 is 0 Å². The summed E-state index contributed by atoms with van der Waals surface area (Å²) in [5.41, 5.74) is 3.54. The summed E-state index contributed by atoms with van der Waals surface area (Å²) in [5.74, 6) is -0.319. The van der Waals surface area contributed by atoms with Crippen molar-refractivity contribution in [2.45, 2.75) is 6.04 Å². The molecule has 0 radical (unpaired) electrons. The first-order valence-corrected chi connectivity index (χ1v) is 13.3. The van der Waals surface area contributed by atoms with Crippen LogP contribution in [0.3, 0.4) is 0 Å². The molecule has 1 aliphatic heterocycles. The van der Waals surface area contributed by atoms with Crippen molar-refractivity contribution in [3.63, 3.8) is 0 Å². The number of amides is 2. The molecule has 6 heteroatoms. The Kier molecular flexibility index (Phi) is 7.89. The van der Waals surface area contributed by atoms with Crippen LogP contribution in [-0.4, -0.2) is 47.8 Å². The number of thiophene rings is 1. The van der Waals surface area contributed by atoms with E-state index in [1.165, 1.54) is 17.2 Å². The molecule has 3 aromatic carbocycles. The zero-order valence-electron chi connectivity index (χ0n) is 20.5. The molecular formula is C31H29N3O2S. The summed E-state index contributed by atoms with van der Waals surface area (Å²) in [6, 6.07) is 32.3. The van der Waals surface area contributed by atoms with Crippen LogP contribution in [0.5, 0.6) is 0 Å². The molecule has 2 heterocycles. The highest BCUT2D eigenvalue weighted by atomic mass is 32.1. The largest absolute Gasteiger partial charge is 0.336 e. The molecule has 0 bridgehead atoms. The molecule has 0 aliphatic carbocycles. The van der Waals surface area contributed by atoms with E-state index < -0.39 is 0 Å². The summed E-state index contributed by atoms with van der Waals surface area (Å²) < 4.78 is 0. The molecule has 1 aromatic heterocycles. The van der Waals surface area contributed by atoms with Crippen LogP contribution in [0, 0.1) is 0 Å². The van der Waals surface area contributed by atoms with Crippen LogP contribution in [0.4, 0.5) is 5.69 Å². The van der Waals surface area contributed by atoms with Crippen LogP contribution in [0.15, 0.2) is 109 Å². The fourth-order valence-corrected chi connectivity index (χ4v) is 5.35. The molecule has 37 heavy (non-hydrogen) atoms. The molecule has 4 aromatic rings. The number of anilines is 1. The fraction of sp³-hybridized carbons (Fsp3) is 0.161. The maximum absolute atomic E-state index is 13.5. The molecule has 1 saturated heterocycles. The van der Waals surface area contributed by atoms with Crippen LogP contribution in [0.1, 0.15) is 32.4 Å². The topological polar surface area (TPSA) is 52.7 Å². The van der Waals surface area contributed by atoms with E-state index >= 15 is 0 Å². The number of benzene rings is 3. The van der Waals surface area contributed by atoms with E-state index in [-0.39, 0.29) is 17.9 Å². The summed E-state index contributed by atoms with van der Waals surface area (Å²) in [5, 5.41) is 4.85. The van der Waals surface area contributed by atoms with Crippen molar-refractivity contribution in [1.29, 1.82) is 0 Å². The summed E-state index contributed by atoms with van der Waals surface area (Å²) in [7, 11) is 0. The van der Waals surface area contributed by atoms with E-state index in [9.17, 15) is 9.59 Å². The lowest BCUT2D eigenvalue weighted by atomic mass is 9.96. The zero-order chi connectivity index (χ0) is 25.5. The predicted molar refractivity (Wildman–Crippen MR) is 151 cm³/mol. The minimum atomic E-state index is -0.257. The minimum absolute atomic E-state index is 0.0613. The lowest BCUT2D eigenvalue weighted by Crippen LogP contribution is -2.50. The molecule has 2 amide bonds. The molecule has 186 valence electrons. The Hall–Kier alpha value is -4.00. The monoisotopic (exact) mass is 507 g/mol. The molecule has 0 saturated carbocycles. The average Bonchev–Trinajstić information content (AvgIpc) is 3.48. The number of nitrogens with one attached hydrogen (secondary N) is 1. The standard InChI is InChI=1S/C31H29N3O2S/c35-29(18-17-26-14-9-23-37-26)32-28-16-8-7-15-27(28)31(36)34-21-19-33(20-22-34)30(24-10-3-1-4-11-24)25-12-5-2-6-13-25/h1-18,23,30H,19-22H2,(H,32,35). The fourth-order valence-electron chi connectivity index (χ4n) is 4.74. The SMILES string of the molecule is O=C(C=Cc1cccs1)Nc1ccccc1C(=O)N1CCN(C(c2ccccc2)c2ccccc2)CC1. The Morgan fingerprint density at radius 1 is 0.757 bits per heavy atom. The number of nitrogens with zero attached hydrogens (tertiary/aromatic N) is 2. The van der Waals surface area contributed by atoms with E-state index in [0.29, 0.717) is 24.3 Å². The van der Waals surface area contributed by atoms with Crippen molar-refractivity contribution in [2.24, 2.45) is 0 Å². The van der Waals surface area contributed by atoms with Crippen LogP contribution >= 0.6 is 11.3 Å². The first kappa shape index (κ1) is 24.7. The van der Waals surface area contributed by atoms with Gasteiger partial charge in [0.2, 0.25) is 5.91 Å². The van der Waals surface area contributed by atoms with E-state index in [0.717, 1.165) is 18.0 Å². The molecule has 1 fully saturated rings. The van der Waals surface area contributed by atoms with Crippen molar-refractivity contribution >= 4 is 34.9 Å². The number of hydrogen-bond acceptors (Lipinski definition) is 4. The zero-order valence-corrected chi connectivity index (χ0v) is 21.3. The number of hydrogen-bond donors (Lipinski definition) is 1. The van der Waals surface area contributed by atoms with Gasteiger partial charge in [0, 0.05) is 37.1 Å². The number of piperazine rings is 1. The van der Waals surface area contributed by atoms with Crippen molar-refractivity contribution in [2.75, 3.05) is 31.5 Å². The van der Waals surface area contributed by atoms with Crippen LogP contribution in [0.2, 0.25) is 0 Å². The van der Waals surface area contributed by atoms with Gasteiger partial charge in [-0.2, -0.15) is 0 Å². The van der Waals surface area contributed by atoms with Crippen LogP contribution < -0.4 is 5.32 Å². The highest BCUT2D eigenvalue weighted by molar-refractivity contribution is 7.10. The van der Waals surface area contributed by atoms with Gasteiger partial charge in [-0.05, 0) is 40.8 Å². The normalized spacial score (nSPS) is 14.2. The summed E-state index contributed by atoms with van der Waals surface area (Å²) in [6.45, 7) is 2.77. The highest BCUT2D eigenvalue weighted by Crippen LogP contribution is 2.30. The molecular weight excluding hydrogens is 478 g/mol. The van der Waals surface area contributed by atoms with E-state index in [2.05, 4.69) is 58.7 Å². The van der Waals surface area contributed by atoms with Gasteiger partial charge in [0.05, 0.1) is 17.3 Å². The van der Waals surface area contributed by atoms with E-state index in [4.69, 9.17) is 0 Å². The molecule has 1 aliphatic rings. The van der Waals surface area contributed by atoms with Gasteiger partial charge < -0.3 is 10.2 Å². The Labute approximate surface area is 221 Å². The Morgan fingerprint density at radius 3 is 2.00 bits per heavy atom. The van der Waals surface area contributed by atoms with Crippen LogP contribution in [0.25, 0.3) is 6.08 Å². The lowest BCUT2D eigenvalue weighted by molar-refractivity contribution is -0.111. The quantitative estimate of drug-likeness (QED) is 0.315. The highest BCUT2D eigenvalue weighted by Gasteiger charge is 2.29. The minimum Gasteiger partial charge on any atom is -0.336 e. The van der Waals surface area contributed by atoms with Gasteiger partial charge in [-0.15, -0.1) is 11.3 Å². The van der Waals surface area contributed by atoms with E-state index in [1.54, 1.807) is 29.5 Å². The lowest BCUT2D eigenvalue weighted by Gasteiger charge is -2.40. The maximum Gasteiger partial charge on any atom is 0.256 e. The van der Waals surface area contributed by atoms with Gasteiger partial charge in [0.1, 0.15) is 0 Å². The van der Waals surface area contributed by atoms with Crippen molar-refractivity contribution in [3.8, 4) is 0 Å². The summed E-state index contributed by atoms with van der Waals surface area (Å²) >= 11 is 1.57. The van der Waals surface area contributed by atoms with Gasteiger partial charge in [-0.1, -0.05) is 78.9 Å². The molecule has 0 spiro atoms. The molecule has 5 rings (SSSR count). The Bertz CT molecular complexity index is 1310. The molecule has 0 unspecified atom stereocenters. The molecule has 5 nitrogen and oxygen atoms in total. The second kappa shape index (κ2) is 11.8. The summed E-state index contributed by atoms with van der Waals surface area (Å²) in [6.07, 6.45) is 3.28. The number of carbonyl (C=O) groups excluding carboxylic acids is 2. The third-order valence-corrected chi connectivity index (χ3v) is 7.39. The van der Waals surface area contributed by atoms with Crippen molar-refractivity contribution in [3.05, 3.63) is 130 Å². The molecule has 1 N–H and O–H groups in total. The second-order valence-corrected chi connectivity index (χ2v) is 9.91. The van der Waals surface area contributed by atoms with Crippen LogP contribution in [-0.2, 0) is 4.79 Å².